The molecule has 150 valence electrons. The number of rotatable bonds is 4. The first-order chi connectivity index (χ1) is 13.7. The molecule has 1 amide bonds. The SMILES string of the molecule is NC(/C=C/C(F)(F)F)=NC(=O)n1ccc2cc(Oc3cc(CO)ncn3)ccc21. The van der Waals surface area contributed by atoms with Crippen LogP contribution in [0.5, 0.6) is 11.6 Å². The second-order valence-corrected chi connectivity index (χ2v) is 5.71. The summed E-state index contributed by atoms with van der Waals surface area (Å²) in [5.41, 5.74) is 6.19. The Bertz CT molecular complexity index is 1110. The summed E-state index contributed by atoms with van der Waals surface area (Å²) in [4.78, 5) is 23.4. The summed E-state index contributed by atoms with van der Waals surface area (Å²) in [7, 11) is 0. The molecule has 3 rings (SSSR count). The summed E-state index contributed by atoms with van der Waals surface area (Å²) < 4.78 is 43.2. The molecule has 0 radical (unpaired) electrons. The third kappa shape index (κ3) is 5.17. The number of alkyl halides is 3. The first-order valence-electron chi connectivity index (χ1n) is 8.10. The van der Waals surface area contributed by atoms with Gasteiger partial charge in [0.25, 0.3) is 0 Å². The van der Waals surface area contributed by atoms with Crippen LogP contribution >= 0.6 is 0 Å². The van der Waals surface area contributed by atoms with Crippen LogP contribution in [0.15, 0.2) is 60.0 Å². The Hall–Kier alpha value is -3.73. The van der Waals surface area contributed by atoms with E-state index >= 15 is 0 Å². The molecule has 11 heteroatoms. The summed E-state index contributed by atoms with van der Waals surface area (Å²) in [5.74, 6) is 0.0757. The molecule has 1 aromatic carbocycles. The summed E-state index contributed by atoms with van der Waals surface area (Å²) >= 11 is 0. The molecule has 0 saturated carbocycles. The summed E-state index contributed by atoms with van der Waals surface area (Å²) in [6, 6.07) is 7.02. The predicted octanol–water partition coefficient (Wildman–Crippen LogP) is 3.16. The van der Waals surface area contributed by atoms with E-state index in [1.807, 2.05) is 0 Å². The number of allylic oxidation sites excluding steroid dienone is 1. The van der Waals surface area contributed by atoms with Crippen molar-refractivity contribution in [3.05, 3.63) is 60.7 Å². The third-order valence-corrected chi connectivity index (χ3v) is 3.62. The highest BCUT2D eigenvalue weighted by Gasteiger charge is 2.22. The van der Waals surface area contributed by atoms with E-state index in [0.717, 1.165) is 4.57 Å². The number of nitrogens with two attached hydrogens (primary N) is 1. The molecule has 0 aliphatic heterocycles. The lowest BCUT2D eigenvalue weighted by Gasteiger charge is -2.06. The van der Waals surface area contributed by atoms with E-state index in [1.54, 1.807) is 24.3 Å². The van der Waals surface area contributed by atoms with Gasteiger partial charge in [-0.2, -0.15) is 18.2 Å². The van der Waals surface area contributed by atoms with Gasteiger partial charge in [-0.05, 0) is 30.3 Å². The van der Waals surface area contributed by atoms with Crippen molar-refractivity contribution in [2.45, 2.75) is 12.8 Å². The van der Waals surface area contributed by atoms with Crippen LogP contribution in [0.1, 0.15) is 5.69 Å². The van der Waals surface area contributed by atoms with E-state index in [4.69, 9.17) is 15.6 Å². The molecular weight excluding hydrogens is 391 g/mol. The number of aliphatic imine (C=N–C) groups is 1. The van der Waals surface area contributed by atoms with Crippen molar-refractivity contribution in [3.63, 3.8) is 0 Å². The number of fused-ring (bicyclic) bond motifs is 1. The highest BCUT2D eigenvalue weighted by molar-refractivity contribution is 6.02. The Labute approximate surface area is 161 Å². The second kappa shape index (κ2) is 8.10. The fourth-order valence-corrected chi connectivity index (χ4v) is 2.37. The van der Waals surface area contributed by atoms with Crippen LogP contribution < -0.4 is 10.5 Å². The molecule has 0 bridgehead atoms. The molecule has 0 aliphatic carbocycles. The first-order valence-corrected chi connectivity index (χ1v) is 8.10. The van der Waals surface area contributed by atoms with Gasteiger partial charge < -0.3 is 15.6 Å². The van der Waals surface area contributed by atoms with Gasteiger partial charge in [-0.25, -0.2) is 14.8 Å². The van der Waals surface area contributed by atoms with Gasteiger partial charge in [-0.3, -0.25) is 4.57 Å². The topological polar surface area (TPSA) is 116 Å². The second-order valence-electron chi connectivity index (χ2n) is 5.71. The Balaban J connectivity index is 1.81. The normalized spacial score (nSPS) is 12.6. The maximum Gasteiger partial charge on any atom is 0.409 e. The average molecular weight is 405 g/mol. The molecular formula is C18H14F3N5O3. The number of aliphatic hydroxyl groups is 1. The highest BCUT2D eigenvalue weighted by atomic mass is 19.4. The van der Waals surface area contributed by atoms with E-state index in [-0.39, 0.29) is 18.6 Å². The van der Waals surface area contributed by atoms with Gasteiger partial charge in [0.15, 0.2) is 0 Å². The van der Waals surface area contributed by atoms with Crippen LogP contribution in [-0.2, 0) is 6.61 Å². The zero-order chi connectivity index (χ0) is 21.0. The minimum atomic E-state index is -4.55. The number of aliphatic hydroxyl groups excluding tert-OH is 1. The summed E-state index contributed by atoms with van der Waals surface area (Å²) in [5, 5.41) is 9.72. The molecule has 0 unspecified atom stereocenters. The van der Waals surface area contributed by atoms with Crippen LogP contribution in [0.4, 0.5) is 18.0 Å². The highest BCUT2D eigenvalue weighted by Crippen LogP contribution is 2.26. The largest absolute Gasteiger partial charge is 0.439 e. The number of hydrogen-bond acceptors (Lipinski definition) is 5. The maximum absolute atomic E-state index is 12.2. The Morgan fingerprint density at radius 1 is 1.28 bits per heavy atom. The van der Waals surface area contributed by atoms with Crippen molar-refractivity contribution < 1.29 is 27.8 Å². The van der Waals surface area contributed by atoms with Crippen LogP contribution in [-0.4, -0.2) is 37.7 Å². The van der Waals surface area contributed by atoms with Gasteiger partial charge in [0.1, 0.15) is 17.9 Å². The number of nitrogens with zero attached hydrogens (tertiary/aromatic N) is 4. The first kappa shape index (κ1) is 20.0. The molecule has 8 nitrogen and oxygen atoms in total. The van der Waals surface area contributed by atoms with E-state index in [0.29, 0.717) is 28.4 Å². The van der Waals surface area contributed by atoms with Gasteiger partial charge in [-0.1, -0.05) is 0 Å². The lowest BCUT2D eigenvalue weighted by molar-refractivity contribution is -0.0797. The zero-order valence-electron chi connectivity index (χ0n) is 14.7. The van der Waals surface area contributed by atoms with E-state index < -0.39 is 18.0 Å². The smallest absolute Gasteiger partial charge is 0.409 e. The van der Waals surface area contributed by atoms with Crippen molar-refractivity contribution >= 4 is 22.8 Å². The number of aromatic nitrogens is 3. The molecule has 2 heterocycles. The fraction of sp³-hybridized carbons (Fsp3) is 0.111. The number of carbonyl (C=O) groups is 1. The lowest BCUT2D eigenvalue weighted by atomic mass is 10.2. The van der Waals surface area contributed by atoms with E-state index in [2.05, 4.69) is 15.0 Å². The number of carbonyl (C=O) groups excluding carboxylic acids is 1. The van der Waals surface area contributed by atoms with Gasteiger partial charge >= 0.3 is 12.2 Å². The number of hydrogen-bond donors (Lipinski definition) is 2. The molecule has 0 spiro atoms. The molecule has 3 aromatic rings. The molecule has 29 heavy (non-hydrogen) atoms. The van der Waals surface area contributed by atoms with Crippen LogP contribution in [0.25, 0.3) is 10.9 Å². The van der Waals surface area contributed by atoms with Crippen molar-refractivity contribution in [1.82, 2.24) is 14.5 Å². The number of ether oxygens (including phenoxy) is 1. The number of amidine groups is 1. The number of halogens is 3. The summed E-state index contributed by atoms with van der Waals surface area (Å²) in [6.07, 6.45) is -1.48. The Kier molecular flexibility index (Phi) is 5.59. The zero-order valence-corrected chi connectivity index (χ0v) is 14.7. The quantitative estimate of drug-likeness (QED) is 0.509. The van der Waals surface area contributed by atoms with E-state index in [9.17, 15) is 18.0 Å². The molecule has 3 N–H and O–H groups in total. The van der Waals surface area contributed by atoms with Crippen LogP contribution in [0.3, 0.4) is 0 Å². The molecule has 0 atom stereocenters. The Morgan fingerprint density at radius 2 is 2.07 bits per heavy atom. The maximum atomic E-state index is 12.2. The minimum Gasteiger partial charge on any atom is -0.439 e. The lowest BCUT2D eigenvalue weighted by Crippen LogP contribution is -2.15. The average Bonchev–Trinajstić information content (AvgIpc) is 3.09. The monoisotopic (exact) mass is 405 g/mol. The van der Waals surface area contributed by atoms with Crippen LogP contribution in [0.2, 0.25) is 0 Å². The Morgan fingerprint density at radius 3 is 2.79 bits per heavy atom. The van der Waals surface area contributed by atoms with Crippen molar-refractivity contribution in [2.75, 3.05) is 0 Å². The molecule has 0 aliphatic rings. The number of amides is 1. The van der Waals surface area contributed by atoms with Gasteiger partial charge in [-0.15, -0.1) is 0 Å². The van der Waals surface area contributed by atoms with Gasteiger partial charge in [0.05, 0.1) is 17.8 Å². The fourth-order valence-electron chi connectivity index (χ4n) is 2.37. The number of benzene rings is 1. The van der Waals surface area contributed by atoms with Crippen molar-refractivity contribution in [2.24, 2.45) is 10.7 Å². The standard InChI is InChI=1S/C18H14F3N5O3/c19-18(20,21)5-3-15(22)25-17(28)26-6-4-11-7-13(1-2-14(11)26)29-16-8-12(9-27)23-10-24-16/h1-8,10,27H,9H2,(H2,22,25,28)/b5-3+. The van der Waals surface area contributed by atoms with Gasteiger partial charge in [0.2, 0.25) is 5.88 Å². The van der Waals surface area contributed by atoms with Gasteiger partial charge in [0, 0.05) is 23.7 Å². The molecule has 2 aromatic heterocycles. The van der Waals surface area contributed by atoms with Crippen LogP contribution in [0, 0.1) is 0 Å². The molecule has 0 saturated heterocycles. The van der Waals surface area contributed by atoms with E-state index in [1.165, 1.54) is 18.6 Å². The third-order valence-electron chi connectivity index (χ3n) is 3.62. The predicted molar refractivity (Wildman–Crippen MR) is 97.6 cm³/mol. The van der Waals surface area contributed by atoms with Crippen molar-refractivity contribution in [3.8, 4) is 11.6 Å². The summed E-state index contributed by atoms with van der Waals surface area (Å²) in [6.45, 7) is -0.259. The van der Waals surface area contributed by atoms with Crippen molar-refractivity contribution in [1.29, 1.82) is 0 Å². The minimum absolute atomic E-state index is 0.105. The molecule has 0 fully saturated rings.